The lowest BCUT2D eigenvalue weighted by Gasteiger charge is -2.25. The summed E-state index contributed by atoms with van der Waals surface area (Å²) < 4.78 is 16.1. The topological polar surface area (TPSA) is 3.24 Å². The van der Waals surface area contributed by atoms with E-state index >= 15 is 4.39 Å². The molecule has 0 heterocycles. The number of unbranched alkanes of at least 4 members (excludes halogenated alkanes) is 2. The van der Waals surface area contributed by atoms with Gasteiger partial charge in [0.1, 0.15) is 6.17 Å². The average molecular weight is 545 g/mol. The van der Waals surface area contributed by atoms with Gasteiger partial charge in [0.05, 0.1) is 0 Å². The summed E-state index contributed by atoms with van der Waals surface area (Å²) in [6.07, 6.45) is 7.43. The second-order valence-electron chi connectivity index (χ2n) is 9.55. The molecule has 4 rings (SSSR count). The molecule has 2 unspecified atom stereocenters. The van der Waals surface area contributed by atoms with E-state index in [-0.39, 0.29) is 5.92 Å². The summed E-state index contributed by atoms with van der Waals surface area (Å²) in [5.74, 6) is -0.0645. The van der Waals surface area contributed by atoms with Gasteiger partial charge in [0.25, 0.3) is 0 Å². The fourth-order valence-electron chi connectivity index (χ4n) is 5.01. The van der Waals surface area contributed by atoms with Gasteiger partial charge in [-0.15, -0.1) is 0 Å². The fraction of sp³-hybridized carbons (Fsp3) is 0.355. The summed E-state index contributed by atoms with van der Waals surface area (Å²) >= 11 is 19.1. The van der Waals surface area contributed by atoms with Crippen LogP contribution < -0.4 is 0 Å². The number of nitrogens with zero attached hydrogens (tertiary/aromatic N) is 1. The number of halogens is 4. The first-order chi connectivity index (χ1) is 17.4. The van der Waals surface area contributed by atoms with Crippen LogP contribution in [0, 0.1) is 0 Å². The summed E-state index contributed by atoms with van der Waals surface area (Å²) in [6.45, 7) is 6.56. The van der Waals surface area contributed by atoms with E-state index in [1.54, 1.807) is 0 Å². The highest BCUT2D eigenvalue weighted by molar-refractivity contribution is 6.31. The number of fused-ring (bicyclic) bond motifs is 3. The molecule has 5 heteroatoms. The second-order valence-corrected chi connectivity index (χ2v) is 10.9. The Bertz CT molecular complexity index is 1200. The maximum atomic E-state index is 16.1. The number of benzene rings is 3. The standard InChI is InChI=1S/C31H33Cl3FN/c1-3-5-15-36(16-6-4-2)20-30(35)29-19-24(34)18-28-25(13-9-21-7-10-22(32)11-8-21)27-17-23(33)12-14-26(27)31(28)29/h7-14,17-19,25,30H,3-6,15-16,20H2,1-2H3/b13-9+. The number of rotatable bonds is 11. The molecule has 0 aliphatic heterocycles. The molecule has 1 aliphatic rings. The Kier molecular flexibility index (Phi) is 9.52. The molecule has 0 saturated carbocycles. The SMILES string of the molecule is CCCCN(CCCC)CC(F)c1cc(Cl)cc2c1-c1ccc(Cl)cc1C2/C=C/c1ccc(Cl)cc1. The molecule has 0 aromatic heterocycles. The van der Waals surface area contributed by atoms with Crippen LogP contribution in [0.5, 0.6) is 0 Å². The van der Waals surface area contributed by atoms with Crippen molar-refractivity contribution in [2.24, 2.45) is 0 Å². The van der Waals surface area contributed by atoms with Gasteiger partial charge < -0.3 is 4.90 Å². The van der Waals surface area contributed by atoms with Gasteiger partial charge in [-0.05, 0) is 95.7 Å². The van der Waals surface area contributed by atoms with Gasteiger partial charge in [-0.2, -0.15) is 0 Å². The van der Waals surface area contributed by atoms with E-state index in [9.17, 15) is 0 Å². The number of hydrogen-bond donors (Lipinski definition) is 0. The van der Waals surface area contributed by atoms with Crippen LogP contribution in [0.1, 0.15) is 73.9 Å². The van der Waals surface area contributed by atoms with E-state index in [2.05, 4.69) is 30.9 Å². The molecular formula is C31H33Cl3FN. The molecule has 0 spiro atoms. The van der Waals surface area contributed by atoms with Crippen molar-refractivity contribution in [3.63, 3.8) is 0 Å². The summed E-state index contributed by atoms with van der Waals surface area (Å²) in [6, 6.07) is 17.4. The molecule has 0 radical (unpaired) electrons. The Labute approximate surface area is 229 Å². The molecule has 0 saturated heterocycles. The van der Waals surface area contributed by atoms with Crippen molar-refractivity contribution >= 4 is 40.9 Å². The van der Waals surface area contributed by atoms with Gasteiger partial charge in [-0.1, -0.05) is 91.8 Å². The van der Waals surface area contributed by atoms with E-state index in [0.717, 1.165) is 66.6 Å². The molecule has 1 aliphatic carbocycles. The summed E-state index contributed by atoms with van der Waals surface area (Å²) in [5, 5.41) is 1.93. The van der Waals surface area contributed by atoms with Crippen LogP contribution >= 0.6 is 34.8 Å². The van der Waals surface area contributed by atoms with Gasteiger partial charge in [0.2, 0.25) is 0 Å². The molecule has 0 amide bonds. The zero-order chi connectivity index (χ0) is 25.7. The van der Waals surface area contributed by atoms with Crippen LogP contribution in [0.25, 0.3) is 17.2 Å². The molecule has 1 nitrogen and oxygen atoms in total. The minimum atomic E-state index is -1.13. The van der Waals surface area contributed by atoms with Crippen LogP contribution in [-0.2, 0) is 0 Å². The minimum Gasteiger partial charge on any atom is -0.300 e. The van der Waals surface area contributed by atoms with E-state index in [4.69, 9.17) is 34.8 Å². The van der Waals surface area contributed by atoms with Crippen molar-refractivity contribution in [1.29, 1.82) is 0 Å². The maximum Gasteiger partial charge on any atom is 0.138 e. The maximum absolute atomic E-state index is 16.1. The van der Waals surface area contributed by atoms with E-state index in [1.165, 1.54) is 0 Å². The Morgan fingerprint density at radius 1 is 0.833 bits per heavy atom. The molecule has 0 fully saturated rings. The highest BCUT2D eigenvalue weighted by atomic mass is 35.5. The molecule has 0 bridgehead atoms. The predicted molar refractivity (Wildman–Crippen MR) is 154 cm³/mol. The zero-order valence-corrected chi connectivity index (χ0v) is 23.2. The molecule has 3 aromatic carbocycles. The molecular weight excluding hydrogens is 512 g/mol. The first-order valence-corrected chi connectivity index (χ1v) is 14.0. The van der Waals surface area contributed by atoms with Gasteiger partial charge >= 0.3 is 0 Å². The number of hydrogen-bond acceptors (Lipinski definition) is 1. The molecule has 0 N–H and O–H groups in total. The Morgan fingerprint density at radius 2 is 1.47 bits per heavy atom. The van der Waals surface area contributed by atoms with Crippen LogP contribution in [0.15, 0.2) is 60.7 Å². The van der Waals surface area contributed by atoms with E-state index in [0.29, 0.717) is 27.2 Å². The predicted octanol–water partition coefficient (Wildman–Crippen LogP) is 10.4. The minimum absolute atomic E-state index is 0.0645. The number of allylic oxidation sites excluding steroid dienone is 1. The summed E-state index contributed by atoms with van der Waals surface area (Å²) in [4.78, 5) is 2.26. The second kappa shape index (κ2) is 12.6. The first kappa shape index (κ1) is 27.2. The third kappa shape index (κ3) is 6.34. The quantitative estimate of drug-likeness (QED) is 0.232. The summed E-state index contributed by atoms with van der Waals surface area (Å²) in [7, 11) is 0. The largest absolute Gasteiger partial charge is 0.300 e. The highest BCUT2D eigenvalue weighted by Gasteiger charge is 2.32. The van der Waals surface area contributed by atoms with E-state index < -0.39 is 6.17 Å². The summed E-state index contributed by atoms with van der Waals surface area (Å²) in [5.41, 5.74) is 5.80. The Hall–Kier alpha value is -1.84. The molecule has 3 aromatic rings. The fourth-order valence-corrected chi connectivity index (χ4v) is 5.55. The lowest BCUT2D eigenvalue weighted by molar-refractivity contribution is 0.188. The highest BCUT2D eigenvalue weighted by Crippen LogP contribution is 2.50. The monoisotopic (exact) mass is 543 g/mol. The first-order valence-electron chi connectivity index (χ1n) is 12.8. The lowest BCUT2D eigenvalue weighted by Crippen LogP contribution is -2.29. The van der Waals surface area contributed by atoms with Gasteiger partial charge in [-0.25, -0.2) is 4.39 Å². The third-order valence-corrected chi connectivity index (χ3v) is 7.59. The Morgan fingerprint density at radius 3 is 2.14 bits per heavy atom. The average Bonchev–Trinajstić information content (AvgIpc) is 3.16. The zero-order valence-electron chi connectivity index (χ0n) is 20.9. The van der Waals surface area contributed by atoms with Crippen LogP contribution in [0.4, 0.5) is 4.39 Å². The van der Waals surface area contributed by atoms with Crippen LogP contribution in [0.3, 0.4) is 0 Å². The van der Waals surface area contributed by atoms with Gasteiger partial charge in [0, 0.05) is 27.5 Å². The van der Waals surface area contributed by atoms with Crippen molar-refractivity contribution in [3.05, 3.63) is 98.0 Å². The lowest BCUT2D eigenvalue weighted by atomic mass is 9.93. The van der Waals surface area contributed by atoms with Crippen molar-refractivity contribution in [3.8, 4) is 11.1 Å². The van der Waals surface area contributed by atoms with Crippen molar-refractivity contribution in [2.75, 3.05) is 19.6 Å². The van der Waals surface area contributed by atoms with Gasteiger partial charge in [0.15, 0.2) is 0 Å². The van der Waals surface area contributed by atoms with E-state index in [1.807, 2.05) is 54.6 Å². The third-order valence-electron chi connectivity index (χ3n) is 6.88. The van der Waals surface area contributed by atoms with Crippen LogP contribution in [-0.4, -0.2) is 24.5 Å². The van der Waals surface area contributed by atoms with Crippen molar-refractivity contribution < 1.29 is 4.39 Å². The van der Waals surface area contributed by atoms with Crippen molar-refractivity contribution in [1.82, 2.24) is 4.90 Å². The smallest absolute Gasteiger partial charge is 0.138 e. The molecule has 36 heavy (non-hydrogen) atoms. The van der Waals surface area contributed by atoms with Crippen molar-refractivity contribution in [2.45, 2.75) is 51.6 Å². The van der Waals surface area contributed by atoms with Crippen LogP contribution in [0.2, 0.25) is 15.1 Å². The Balaban J connectivity index is 1.73. The molecule has 2 atom stereocenters. The normalized spacial score (nSPS) is 15.5. The molecule has 190 valence electrons. The number of alkyl halides is 1. The van der Waals surface area contributed by atoms with Gasteiger partial charge in [-0.3, -0.25) is 0 Å².